The Hall–Kier alpha value is -1.10. The van der Waals surface area contributed by atoms with Crippen LogP contribution in [-0.4, -0.2) is 17.7 Å². The largest absolute Gasteiger partial charge is 0.353 e. The van der Waals surface area contributed by atoms with E-state index in [1.54, 1.807) is 11.8 Å². The van der Waals surface area contributed by atoms with Gasteiger partial charge in [0.15, 0.2) is 0 Å². The van der Waals surface area contributed by atoms with Gasteiger partial charge in [0.25, 0.3) is 0 Å². The molecule has 1 fully saturated rings. The van der Waals surface area contributed by atoms with Crippen molar-refractivity contribution in [2.75, 3.05) is 5.75 Å². The van der Waals surface area contributed by atoms with Crippen LogP contribution in [0, 0.1) is 0 Å². The van der Waals surface area contributed by atoms with Gasteiger partial charge >= 0.3 is 0 Å². The van der Waals surface area contributed by atoms with Crippen molar-refractivity contribution in [3.05, 3.63) is 22.9 Å². The average Bonchev–Trinajstić information content (AvgIpc) is 2.87. The molecule has 4 nitrogen and oxygen atoms in total. The van der Waals surface area contributed by atoms with Crippen LogP contribution in [-0.2, 0) is 4.79 Å². The Balaban J connectivity index is 0.000000741. The molecule has 0 aromatic carbocycles. The lowest BCUT2D eigenvalue weighted by atomic mass is 10.2. The third-order valence-electron chi connectivity index (χ3n) is 2.38. The monoisotopic (exact) mass is 285 g/mol. The van der Waals surface area contributed by atoms with Crippen LogP contribution in [0.1, 0.15) is 47.5 Å². The second-order valence-corrected chi connectivity index (χ2v) is 4.84. The minimum absolute atomic E-state index is 0.181. The highest BCUT2D eigenvalue weighted by atomic mass is 32.2. The van der Waals surface area contributed by atoms with Crippen molar-refractivity contribution < 1.29 is 4.79 Å². The molecular formula is C14H27N3OS. The zero-order valence-corrected chi connectivity index (χ0v) is 13.5. The molecule has 0 spiro atoms. The Morgan fingerprint density at radius 3 is 2.53 bits per heavy atom. The number of hydrogen-bond donors (Lipinski definition) is 3. The zero-order chi connectivity index (χ0) is 14.7. The van der Waals surface area contributed by atoms with E-state index in [9.17, 15) is 4.79 Å². The summed E-state index contributed by atoms with van der Waals surface area (Å²) in [5, 5.41) is 4.06. The maximum Gasteiger partial charge on any atom is 0.220 e. The number of amides is 1. The topological polar surface area (TPSA) is 53.2 Å². The quantitative estimate of drug-likeness (QED) is 0.746. The maximum absolute atomic E-state index is 11.0. The molecule has 110 valence electrons. The summed E-state index contributed by atoms with van der Waals surface area (Å²) in [6, 6.07) is 0.330. The van der Waals surface area contributed by atoms with E-state index >= 15 is 0 Å². The van der Waals surface area contributed by atoms with E-state index in [0.29, 0.717) is 12.5 Å². The van der Waals surface area contributed by atoms with Crippen molar-refractivity contribution >= 4 is 17.7 Å². The normalized spacial score (nSPS) is 20.3. The second-order valence-electron chi connectivity index (χ2n) is 3.78. The van der Waals surface area contributed by atoms with E-state index < -0.39 is 0 Å². The number of thioether (sulfide) groups is 1. The first-order valence-electron chi connectivity index (χ1n) is 7.06. The van der Waals surface area contributed by atoms with Gasteiger partial charge in [-0.25, -0.2) is 0 Å². The molecule has 0 aliphatic carbocycles. The highest BCUT2D eigenvalue weighted by Gasteiger charge is 2.20. The van der Waals surface area contributed by atoms with Gasteiger partial charge in [-0.3, -0.25) is 10.2 Å². The van der Waals surface area contributed by atoms with Gasteiger partial charge in [-0.05, 0) is 25.0 Å². The smallest absolute Gasteiger partial charge is 0.220 e. The molecule has 1 unspecified atom stereocenters. The van der Waals surface area contributed by atoms with Gasteiger partial charge in [-0.2, -0.15) is 0 Å². The molecule has 2 heterocycles. The van der Waals surface area contributed by atoms with Crippen LogP contribution in [0.3, 0.4) is 0 Å². The molecule has 3 N–H and O–H groups in total. The van der Waals surface area contributed by atoms with E-state index in [4.69, 9.17) is 0 Å². The zero-order valence-electron chi connectivity index (χ0n) is 12.7. The average molecular weight is 285 g/mol. The number of allylic oxidation sites excluding steroid dienone is 2. The highest BCUT2D eigenvalue weighted by molar-refractivity contribution is 8.03. The minimum Gasteiger partial charge on any atom is -0.353 e. The Morgan fingerprint density at radius 1 is 1.32 bits per heavy atom. The molecule has 0 saturated carbocycles. The van der Waals surface area contributed by atoms with Crippen LogP contribution in [0.25, 0.3) is 0 Å². The Labute approximate surface area is 121 Å². The molecular weight excluding hydrogens is 258 g/mol. The number of rotatable bonds is 3. The third-order valence-corrected chi connectivity index (χ3v) is 3.48. The summed E-state index contributed by atoms with van der Waals surface area (Å²) < 4.78 is 0. The minimum atomic E-state index is 0.181. The van der Waals surface area contributed by atoms with Crippen LogP contribution in [0.5, 0.6) is 0 Å². The lowest BCUT2D eigenvalue weighted by Crippen LogP contribution is -2.30. The first-order valence-corrected chi connectivity index (χ1v) is 8.05. The van der Waals surface area contributed by atoms with E-state index in [-0.39, 0.29) is 5.91 Å². The van der Waals surface area contributed by atoms with Crippen molar-refractivity contribution in [2.45, 2.75) is 53.5 Å². The summed E-state index contributed by atoms with van der Waals surface area (Å²) in [4.78, 5) is 11.0. The lowest BCUT2D eigenvalue weighted by Gasteiger charge is -2.17. The molecule has 0 bridgehead atoms. The molecule has 2 aliphatic rings. The van der Waals surface area contributed by atoms with Crippen LogP contribution in [0.4, 0.5) is 0 Å². The third kappa shape index (κ3) is 7.15. The number of carbonyl (C=O) groups excluding carboxylic acids is 1. The summed E-state index contributed by atoms with van der Waals surface area (Å²) in [6.45, 7) is 10.0. The summed E-state index contributed by atoms with van der Waals surface area (Å²) in [5.41, 5.74) is 7.25. The second kappa shape index (κ2) is 10.8. The van der Waals surface area contributed by atoms with Crippen LogP contribution >= 0.6 is 11.8 Å². The maximum atomic E-state index is 11.0. The van der Waals surface area contributed by atoms with Crippen LogP contribution < -0.4 is 16.2 Å². The van der Waals surface area contributed by atoms with E-state index in [1.165, 1.54) is 5.57 Å². The highest BCUT2D eigenvalue weighted by Crippen LogP contribution is 2.20. The Morgan fingerprint density at radius 2 is 2.00 bits per heavy atom. The molecule has 5 heteroatoms. The molecule has 0 aromatic heterocycles. The molecule has 1 amide bonds. The van der Waals surface area contributed by atoms with Gasteiger partial charge in [0, 0.05) is 24.4 Å². The molecule has 2 aliphatic heterocycles. The standard InChI is InChI=1S/C10H15N3OS.2C2H6/c1-7-4-10(13-11-5-7)15-6-8-2-3-9(14)12-8;2*1-2/h4-5,8,11,13H,2-3,6H2,1H3,(H,12,14);2*1-2H3. The van der Waals surface area contributed by atoms with E-state index in [2.05, 4.69) is 22.2 Å². The van der Waals surface area contributed by atoms with Gasteiger partial charge in [0.05, 0.1) is 5.03 Å². The molecule has 19 heavy (non-hydrogen) atoms. The summed E-state index contributed by atoms with van der Waals surface area (Å²) in [5.74, 6) is 1.11. The van der Waals surface area contributed by atoms with Gasteiger partial charge in [0.1, 0.15) is 0 Å². The van der Waals surface area contributed by atoms with Crippen LogP contribution in [0.2, 0.25) is 0 Å². The van der Waals surface area contributed by atoms with Crippen LogP contribution in [0.15, 0.2) is 22.9 Å². The molecule has 0 radical (unpaired) electrons. The van der Waals surface area contributed by atoms with Gasteiger partial charge in [-0.15, -0.1) is 11.8 Å². The van der Waals surface area contributed by atoms with Gasteiger partial charge in [0.2, 0.25) is 5.91 Å². The number of carbonyl (C=O) groups is 1. The fraction of sp³-hybridized carbons (Fsp3) is 0.643. The molecule has 1 saturated heterocycles. The SMILES string of the molecule is CC.CC.CC1=CNNC(SCC2CCC(=O)N2)=C1. The Bertz CT molecular complexity index is 327. The number of hydrazine groups is 1. The van der Waals surface area contributed by atoms with Crippen molar-refractivity contribution in [3.8, 4) is 0 Å². The van der Waals surface area contributed by atoms with Crippen molar-refractivity contribution in [1.29, 1.82) is 0 Å². The van der Waals surface area contributed by atoms with E-state index in [0.717, 1.165) is 17.2 Å². The number of hydrogen-bond acceptors (Lipinski definition) is 4. The predicted molar refractivity (Wildman–Crippen MR) is 84.4 cm³/mol. The molecule has 2 rings (SSSR count). The first-order chi connectivity index (χ1) is 9.24. The van der Waals surface area contributed by atoms with Crippen molar-refractivity contribution in [2.24, 2.45) is 0 Å². The fourth-order valence-corrected chi connectivity index (χ4v) is 2.61. The molecule has 0 aromatic rings. The Kier molecular flexibility index (Phi) is 10.2. The first kappa shape index (κ1) is 17.9. The fourth-order valence-electron chi connectivity index (χ4n) is 1.58. The lowest BCUT2D eigenvalue weighted by molar-refractivity contribution is -0.119. The summed E-state index contributed by atoms with van der Waals surface area (Å²) in [6.07, 6.45) is 5.65. The van der Waals surface area contributed by atoms with Gasteiger partial charge in [-0.1, -0.05) is 27.7 Å². The predicted octanol–water partition coefficient (Wildman–Crippen LogP) is 2.90. The summed E-state index contributed by atoms with van der Waals surface area (Å²) in [7, 11) is 0. The van der Waals surface area contributed by atoms with Gasteiger partial charge < -0.3 is 10.7 Å². The molecule has 1 atom stereocenters. The van der Waals surface area contributed by atoms with E-state index in [1.807, 2.05) is 40.8 Å². The number of nitrogens with one attached hydrogen (secondary N) is 3. The summed E-state index contributed by atoms with van der Waals surface area (Å²) >= 11 is 1.73. The van der Waals surface area contributed by atoms with Crippen molar-refractivity contribution in [3.63, 3.8) is 0 Å². The van der Waals surface area contributed by atoms with Crippen molar-refractivity contribution in [1.82, 2.24) is 16.2 Å².